The number of amides is 1. The number of anilines is 1. The number of carbonyl (C=O) groups is 1. The zero-order valence-corrected chi connectivity index (χ0v) is 20.7. The molecule has 0 aliphatic carbocycles. The molecule has 7 rings (SSSR count). The van der Waals surface area contributed by atoms with Crippen LogP contribution in [0, 0.1) is 10.1 Å². The van der Waals surface area contributed by atoms with Gasteiger partial charge in [-0.2, -0.15) is 0 Å². The van der Waals surface area contributed by atoms with Gasteiger partial charge in [0.15, 0.2) is 5.54 Å². The molecule has 0 saturated carbocycles. The summed E-state index contributed by atoms with van der Waals surface area (Å²) in [6.07, 6.45) is 1.74. The summed E-state index contributed by atoms with van der Waals surface area (Å²) in [5.74, 6) is 0.0145. The van der Waals surface area contributed by atoms with Crippen molar-refractivity contribution in [3.05, 3.63) is 118 Å². The van der Waals surface area contributed by atoms with Gasteiger partial charge in [-0.25, -0.2) is 0 Å². The predicted octanol–water partition coefficient (Wildman–Crippen LogP) is 5.47. The summed E-state index contributed by atoms with van der Waals surface area (Å²) in [4.78, 5) is 28.2. The van der Waals surface area contributed by atoms with E-state index in [0.717, 1.165) is 34.9 Å². The Morgan fingerprint density at radius 3 is 2.58 bits per heavy atom. The minimum atomic E-state index is -1.30. The van der Waals surface area contributed by atoms with Crippen LogP contribution in [0.25, 0.3) is 10.8 Å². The van der Waals surface area contributed by atoms with Crippen LogP contribution in [-0.4, -0.2) is 34.4 Å². The number of nitrogens with one attached hydrogen (secondary N) is 1. The van der Waals surface area contributed by atoms with Crippen LogP contribution in [0.4, 0.5) is 5.69 Å². The Kier molecular flexibility index (Phi) is 5.23. The van der Waals surface area contributed by atoms with Gasteiger partial charge in [0, 0.05) is 28.8 Å². The van der Waals surface area contributed by atoms with Gasteiger partial charge < -0.3 is 10.1 Å². The number of hydrogen-bond donors (Lipinski definition) is 1. The minimum absolute atomic E-state index is 0.0789. The van der Waals surface area contributed by atoms with E-state index in [4.69, 9.17) is 4.74 Å². The first-order valence-electron chi connectivity index (χ1n) is 13.1. The third-order valence-electron chi connectivity index (χ3n) is 8.63. The van der Waals surface area contributed by atoms with Crippen molar-refractivity contribution in [2.24, 2.45) is 0 Å². The maximum absolute atomic E-state index is 13.6. The van der Waals surface area contributed by atoms with Crippen LogP contribution in [0.15, 0.2) is 91.0 Å². The third kappa shape index (κ3) is 3.21. The summed E-state index contributed by atoms with van der Waals surface area (Å²) < 4.78 is 6.13. The molecule has 38 heavy (non-hydrogen) atoms. The van der Waals surface area contributed by atoms with Crippen molar-refractivity contribution in [3.8, 4) is 5.75 Å². The number of rotatable bonds is 5. The second kappa shape index (κ2) is 8.67. The van der Waals surface area contributed by atoms with E-state index in [-0.39, 0.29) is 16.9 Å². The number of fused-ring (bicyclic) bond motifs is 5. The second-order valence-electron chi connectivity index (χ2n) is 10.4. The first-order valence-corrected chi connectivity index (χ1v) is 13.1. The van der Waals surface area contributed by atoms with E-state index in [0.29, 0.717) is 24.6 Å². The fraction of sp³-hybridized carbons (Fsp3) is 0.258. The number of nitro groups is 1. The van der Waals surface area contributed by atoms with Gasteiger partial charge in [0.1, 0.15) is 12.4 Å². The summed E-state index contributed by atoms with van der Waals surface area (Å²) in [7, 11) is 0. The number of hydrogen-bond acceptors (Lipinski definition) is 5. The zero-order chi connectivity index (χ0) is 25.9. The van der Waals surface area contributed by atoms with Gasteiger partial charge >= 0.3 is 0 Å². The van der Waals surface area contributed by atoms with Crippen molar-refractivity contribution in [3.63, 3.8) is 0 Å². The highest BCUT2D eigenvalue weighted by molar-refractivity contribution is 6.07. The largest absolute Gasteiger partial charge is 0.489 e. The summed E-state index contributed by atoms with van der Waals surface area (Å²) in [5, 5.41) is 18.0. The number of para-hydroxylation sites is 1. The Labute approximate surface area is 220 Å². The van der Waals surface area contributed by atoms with E-state index >= 15 is 0 Å². The number of ether oxygens (including phenoxy) is 1. The Morgan fingerprint density at radius 2 is 1.74 bits per heavy atom. The topological polar surface area (TPSA) is 84.7 Å². The SMILES string of the molecule is O=C1Nc2ccccc2[C@]12[C@H]([N+](=O)[O-])[C@@H](c1ccc(OCc3cccc4ccccc34)cc1)[C@H]1CCCN12. The van der Waals surface area contributed by atoms with Crippen molar-refractivity contribution in [2.75, 3.05) is 11.9 Å². The van der Waals surface area contributed by atoms with Crippen LogP contribution in [-0.2, 0) is 16.9 Å². The number of carbonyl (C=O) groups excluding carboxylic acids is 1. The van der Waals surface area contributed by atoms with Crippen molar-refractivity contribution >= 4 is 22.4 Å². The highest BCUT2D eigenvalue weighted by atomic mass is 16.6. The quantitative estimate of drug-likeness (QED) is 0.287. The van der Waals surface area contributed by atoms with E-state index < -0.39 is 17.5 Å². The molecule has 4 aromatic carbocycles. The molecule has 1 N–H and O–H groups in total. The Bertz CT molecular complexity index is 1560. The molecule has 0 unspecified atom stereocenters. The molecule has 3 aliphatic heterocycles. The van der Waals surface area contributed by atoms with Gasteiger partial charge in [0.2, 0.25) is 0 Å². The average molecular weight is 506 g/mol. The molecule has 2 saturated heterocycles. The van der Waals surface area contributed by atoms with Gasteiger partial charge in [0.25, 0.3) is 11.9 Å². The van der Waals surface area contributed by atoms with E-state index in [1.54, 1.807) is 0 Å². The average Bonchev–Trinajstić information content (AvgIpc) is 3.61. The Morgan fingerprint density at radius 1 is 0.974 bits per heavy atom. The first kappa shape index (κ1) is 22.9. The van der Waals surface area contributed by atoms with Crippen molar-refractivity contribution < 1.29 is 14.5 Å². The molecule has 190 valence electrons. The molecule has 4 aromatic rings. The summed E-state index contributed by atoms with van der Waals surface area (Å²) in [6.45, 7) is 1.09. The van der Waals surface area contributed by atoms with E-state index in [9.17, 15) is 14.9 Å². The zero-order valence-electron chi connectivity index (χ0n) is 20.7. The van der Waals surface area contributed by atoms with Crippen LogP contribution in [0.5, 0.6) is 5.75 Å². The highest BCUT2D eigenvalue weighted by Crippen LogP contribution is 2.58. The van der Waals surface area contributed by atoms with Crippen molar-refractivity contribution in [1.29, 1.82) is 0 Å². The lowest BCUT2D eigenvalue weighted by Crippen LogP contribution is -2.55. The lowest BCUT2D eigenvalue weighted by molar-refractivity contribution is -0.534. The van der Waals surface area contributed by atoms with Gasteiger partial charge in [-0.1, -0.05) is 72.8 Å². The second-order valence-corrected chi connectivity index (χ2v) is 10.4. The molecule has 0 radical (unpaired) electrons. The minimum Gasteiger partial charge on any atom is -0.489 e. The maximum Gasteiger partial charge on any atom is 0.256 e. The van der Waals surface area contributed by atoms with Crippen LogP contribution < -0.4 is 10.1 Å². The summed E-state index contributed by atoms with van der Waals surface area (Å²) >= 11 is 0. The van der Waals surface area contributed by atoms with E-state index in [2.05, 4.69) is 34.5 Å². The number of benzene rings is 4. The van der Waals surface area contributed by atoms with Gasteiger partial charge in [-0.3, -0.25) is 19.8 Å². The molecule has 3 aliphatic rings. The van der Waals surface area contributed by atoms with Crippen LogP contribution >= 0.6 is 0 Å². The van der Waals surface area contributed by atoms with Crippen LogP contribution in [0.1, 0.15) is 35.4 Å². The normalized spacial score (nSPS) is 25.9. The molecule has 7 heteroatoms. The van der Waals surface area contributed by atoms with E-state index in [1.165, 1.54) is 5.39 Å². The summed E-state index contributed by atoms with van der Waals surface area (Å²) in [5.41, 5.74) is 2.07. The van der Waals surface area contributed by atoms with E-state index in [1.807, 2.05) is 66.7 Å². The first-order chi connectivity index (χ1) is 18.6. The fourth-order valence-corrected chi connectivity index (χ4v) is 7.14. The van der Waals surface area contributed by atoms with Crippen molar-refractivity contribution in [2.45, 2.75) is 43.0 Å². The predicted molar refractivity (Wildman–Crippen MR) is 145 cm³/mol. The highest BCUT2D eigenvalue weighted by Gasteiger charge is 2.73. The van der Waals surface area contributed by atoms with Gasteiger partial charge in [-0.15, -0.1) is 0 Å². The molecule has 0 bridgehead atoms. The lowest BCUT2D eigenvalue weighted by Gasteiger charge is -2.32. The van der Waals surface area contributed by atoms with Crippen LogP contribution in [0.2, 0.25) is 0 Å². The molecule has 1 spiro atoms. The van der Waals surface area contributed by atoms with Crippen molar-refractivity contribution in [1.82, 2.24) is 4.90 Å². The van der Waals surface area contributed by atoms with Gasteiger partial charge in [-0.05, 0) is 52.9 Å². The molecule has 2 fully saturated rings. The third-order valence-corrected chi connectivity index (χ3v) is 8.63. The smallest absolute Gasteiger partial charge is 0.256 e. The molecule has 1 amide bonds. The van der Waals surface area contributed by atoms with Crippen LogP contribution in [0.3, 0.4) is 0 Å². The fourth-order valence-electron chi connectivity index (χ4n) is 7.14. The monoisotopic (exact) mass is 505 g/mol. The maximum atomic E-state index is 13.6. The molecule has 7 nitrogen and oxygen atoms in total. The Balaban J connectivity index is 1.21. The summed E-state index contributed by atoms with van der Waals surface area (Å²) in [6, 6.07) is 28.3. The van der Waals surface area contributed by atoms with Gasteiger partial charge in [0.05, 0.1) is 5.92 Å². The molecule has 4 atom stereocenters. The molecular formula is C31H27N3O4. The molecule has 3 heterocycles. The lowest BCUT2D eigenvalue weighted by atomic mass is 9.77. The molecule has 0 aromatic heterocycles. The number of nitrogens with zero attached hydrogens (tertiary/aromatic N) is 2. The Hall–Kier alpha value is -4.23. The standard InChI is InChI=1S/C31H27N3O4/c35-30-31(25-11-3-4-12-26(25)32-30)29(34(36)37)28(27-13-6-18-33(27)31)21-14-16-23(17-15-21)38-19-22-9-5-8-20-7-1-2-10-24(20)22/h1-5,7-12,14-17,27-29H,6,13,18-19H2,(H,32,35)/t27-,28+,29-,31+/m1/s1. The molecular weight excluding hydrogens is 478 g/mol.